The lowest BCUT2D eigenvalue weighted by Gasteiger charge is -2.05. The minimum absolute atomic E-state index is 0.345. The van der Waals surface area contributed by atoms with Gasteiger partial charge in [-0.25, -0.2) is 0 Å². The molecule has 2 N–H and O–H groups in total. The lowest BCUT2D eigenvalue weighted by atomic mass is 10.0. The average Bonchev–Trinajstić information content (AvgIpc) is 3.04. The largest absolute Gasteiger partial charge is 0.481 e. The molecule has 0 aromatic rings. The summed E-state index contributed by atoms with van der Waals surface area (Å²) in [6, 6.07) is 0. The van der Waals surface area contributed by atoms with Crippen molar-refractivity contribution in [1.82, 2.24) is 5.32 Å². The summed E-state index contributed by atoms with van der Waals surface area (Å²) in [5.41, 5.74) is 0. The summed E-state index contributed by atoms with van der Waals surface area (Å²) >= 11 is 0. The molecule has 0 aromatic heterocycles. The lowest BCUT2D eigenvalue weighted by molar-refractivity contribution is -0.137. The molecule has 272 valence electrons. The van der Waals surface area contributed by atoms with Crippen LogP contribution in [0.25, 0.3) is 0 Å². The lowest BCUT2D eigenvalue weighted by Crippen LogP contribution is -2.16. The molecule has 0 aliphatic heterocycles. The van der Waals surface area contributed by atoms with Crippen LogP contribution in [0, 0.1) is 0 Å². The van der Waals surface area contributed by atoms with Crippen LogP contribution in [0.1, 0.15) is 252 Å². The van der Waals surface area contributed by atoms with Crippen molar-refractivity contribution in [1.29, 1.82) is 0 Å². The number of hydrogen-bond acceptors (Lipinski definition) is 2. The van der Waals surface area contributed by atoms with Gasteiger partial charge in [0, 0.05) is 6.42 Å². The molecule has 3 heteroatoms. The topological polar surface area (TPSA) is 49.3 Å². The minimum Gasteiger partial charge on any atom is -0.481 e. The van der Waals surface area contributed by atoms with Crippen molar-refractivity contribution < 1.29 is 9.90 Å². The predicted molar refractivity (Wildman–Crippen MR) is 204 cm³/mol. The van der Waals surface area contributed by atoms with Crippen LogP contribution in [0.15, 0.2) is 0 Å². The molecule has 3 nitrogen and oxygen atoms in total. The molecule has 0 spiro atoms. The standard InChI is InChI=1S/C24H51N.C18H36O2/c1-3-5-7-9-11-13-15-17-19-21-23-25-24-22-20-18-16-14-12-10-8-6-4-2;1-2-3-4-5-6-7-8-9-10-11-12-13-14-15-16-17-18(19)20/h25H,3-24H2,1-2H3;2-17H2,1H3,(H,19,20). The van der Waals surface area contributed by atoms with E-state index in [9.17, 15) is 4.79 Å². The highest BCUT2D eigenvalue weighted by molar-refractivity contribution is 5.66. The van der Waals surface area contributed by atoms with E-state index in [-0.39, 0.29) is 0 Å². The van der Waals surface area contributed by atoms with Crippen LogP contribution in [0.4, 0.5) is 0 Å². The van der Waals surface area contributed by atoms with Gasteiger partial charge < -0.3 is 10.4 Å². The number of aliphatic carboxylic acids is 1. The smallest absolute Gasteiger partial charge is 0.303 e. The van der Waals surface area contributed by atoms with Crippen LogP contribution in [-0.2, 0) is 4.79 Å². The summed E-state index contributed by atoms with van der Waals surface area (Å²) in [4.78, 5) is 10.3. The van der Waals surface area contributed by atoms with Crippen molar-refractivity contribution in [3.05, 3.63) is 0 Å². The molecule has 0 radical (unpaired) electrons. The van der Waals surface area contributed by atoms with E-state index in [1.807, 2.05) is 0 Å². The third-order valence-electron chi connectivity index (χ3n) is 9.41. The van der Waals surface area contributed by atoms with E-state index >= 15 is 0 Å². The van der Waals surface area contributed by atoms with Crippen LogP contribution in [-0.4, -0.2) is 24.2 Å². The molecule has 0 aliphatic carbocycles. The van der Waals surface area contributed by atoms with Crippen molar-refractivity contribution in [2.75, 3.05) is 13.1 Å². The Bertz CT molecular complexity index is 487. The highest BCUT2D eigenvalue weighted by Crippen LogP contribution is 2.14. The van der Waals surface area contributed by atoms with E-state index in [1.165, 1.54) is 225 Å². The van der Waals surface area contributed by atoms with Crippen molar-refractivity contribution >= 4 is 5.97 Å². The van der Waals surface area contributed by atoms with E-state index < -0.39 is 5.97 Å². The first-order valence-corrected chi connectivity index (χ1v) is 21.1. The highest BCUT2D eigenvalue weighted by Gasteiger charge is 1.98. The predicted octanol–water partition coefficient (Wildman–Crippen LogP) is 14.8. The molecule has 45 heavy (non-hydrogen) atoms. The van der Waals surface area contributed by atoms with Gasteiger partial charge in [-0.15, -0.1) is 0 Å². The molecule has 0 bridgehead atoms. The second kappa shape index (κ2) is 45.6. The molecule has 0 aromatic carbocycles. The zero-order valence-corrected chi connectivity index (χ0v) is 31.7. The van der Waals surface area contributed by atoms with Crippen LogP contribution in [0.3, 0.4) is 0 Å². The van der Waals surface area contributed by atoms with Gasteiger partial charge in [-0.3, -0.25) is 4.79 Å². The first kappa shape index (κ1) is 46.5. The van der Waals surface area contributed by atoms with Gasteiger partial charge >= 0.3 is 5.97 Å². The molecule has 0 atom stereocenters. The first-order chi connectivity index (χ1) is 22.2. The Kier molecular flexibility index (Phi) is 47.1. The molecule has 0 unspecified atom stereocenters. The van der Waals surface area contributed by atoms with Crippen molar-refractivity contribution in [3.8, 4) is 0 Å². The molecule has 0 amide bonds. The molecular weight excluding hydrogens is 550 g/mol. The zero-order valence-electron chi connectivity index (χ0n) is 31.7. The number of nitrogens with one attached hydrogen (secondary N) is 1. The van der Waals surface area contributed by atoms with E-state index in [0.717, 1.165) is 12.8 Å². The van der Waals surface area contributed by atoms with Crippen LogP contribution in [0.2, 0.25) is 0 Å². The number of carbonyl (C=O) groups is 1. The molecule has 0 fully saturated rings. The monoisotopic (exact) mass is 638 g/mol. The summed E-state index contributed by atoms with van der Waals surface area (Å²) in [6.45, 7) is 9.35. The number of hydrogen-bond donors (Lipinski definition) is 2. The molecule has 0 aliphatic rings. The maximum Gasteiger partial charge on any atom is 0.303 e. The van der Waals surface area contributed by atoms with Gasteiger partial charge in [-0.2, -0.15) is 0 Å². The van der Waals surface area contributed by atoms with Gasteiger partial charge in [0.25, 0.3) is 0 Å². The Balaban J connectivity index is 0. The number of unbranched alkanes of at least 4 members (excludes halogenated alkanes) is 32. The van der Waals surface area contributed by atoms with Gasteiger partial charge in [0.2, 0.25) is 0 Å². The summed E-state index contributed by atoms with van der Waals surface area (Å²) in [7, 11) is 0. The Morgan fingerprint density at radius 1 is 0.333 bits per heavy atom. The summed E-state index contributed by atoms with van der Waals surface area (Å²) in [6.07, 6.45) is 49.0. The SMILES string of the molecule is CCCCCCCCCCCCCCCCCC(=O)O.CCCCCCCCCCCCNCCCCCCCCCCCC. The van der Waals surface area contributed by atoms with Gasteiger partial charge in [0.05, 0.1) is 0 Å². The average molecular weight is 638 g/mol. The van der Waals surface area contributed by atoms with E-state index in [2.05, 4.69) is 26.1 Å². The Hall–Kier alpha value is -0.570. The third kappa shape index (κ3) is 50.5. The maximum absolute atomic E-state index is 10.3. The summed E-state index contributed by atoms with van der Waals surface area (Å²) in [5.74, 6) is -0.653. The number of rotatable bonds is 38. The Morgan fingerprint density at radius 3 is 0.756 bits per heavy atom. The van der Waals surface area contributed by atoms with Gasteiger partial charge in [0.15, 0.2) is 0 Å². The molecule has 0 saturated heterocycles. The molecule has 0 heterocycles. The van der Waals surface area contributed by atoms with Crippen molar-refractivity contribution in [2.24, 2.45) is 0 Å². The number of carboxylic acids is 1. The number of carboxylic acid groups (broad SMARTS) is 1. The van der Waals surface area contributed by atoms with E-state index in [0.29, 0.717) is 6.42 Å². The normalized spacial score (nSPS) is 11.1. The quantitative estimate of drug-likeness (QED) is 0.0662. The van der Waals surface area contributed by atoms with E-state index in [4.69, 9.17) is 5.11 Å². The highest BCUT2D eigenvalue weighted by atomic mass is 16.4. The summed E-state index contributed by atoms with van der Waals surface area (Å²) in [5, 5.41) is 12.2. The van der Waals surface area contributed by atoms with Crippen LogP contribution in [0.5, 0.6) is 0 Å². The van der Waals surface area contributed by atoms with Gasteiger partial charge in [0.1, 0.15) is 0 Å². The second-order valence-corrected chi connectivity index (χ2v) is 14.2. The maximum atomic E-state index is 10.3. The minimum atomic E-state index is -0.653. The molecule has 0 saturated carbocycles. The molecular formula is C42H87NO2. The Morgan fingerprint density at radius 2 is 0.533 bits per heavy atom. The Labute approximate surface area is 285 Å². The van der Waals surface area contributed by atoms with Crippen LogP contribution < -0.4 is 5.32 Å². The zero-order chi connectivity index (χ0) is 33.2. The fourth-order valence-corrected chi connectivity index (χ4v) is 6.25. The first-order valence-electron chi connectivity index (χ1n) is 21.1. The fraction of sp³-hybridized carbons (Fsp3) is 0.976. The van der Waals surface area contributed by atoms with Crippen molar-refractivity contribution in [3.63, 3.8) is 0 Å². The van der Waals surface area contributed by atoms with Crippen molar-refractivity contribution in [2.45, 2.75) is 252 Å². The second-order valence-electron chi connectivity index (χ2n) is 14.2. The van der Waals surface area contributed by atoms with E-state index in [1.54, 1.807) is 0 Å². The molecule has 0 rings (SSSR count). The third-order valence-corrected chi connectivity index (χ3v) is 9.41. The van der Waals surface area contributed by atoms with Gasteiger partial charge in [-0.05, 0) is 32.4 Å². The summed E-state index contributed by atoms with van der Waals surface area (Å²) < 4.78 is 0. The van der Waals surface area contributed by atoms with Gasteiger partial charge in [-0.1, -0.05) is 226 Å². The fourth-order valence-electron chi connectivity index (χ4n) is 6.25. The van der Waals surface area contributed by atoms with Crippen LogP contribution >= 0.6 is 0 Å².